The fraction of sp³-hybridized carbons (Fsp3) is 0.200. The lowest BCUT2D eigenvalue weighted by Crippen LogP contribution is -2.03. The quantitative estimate of drug-likeness (QED) is 0.850. The van der Waals surface area contributed by atoms with Crippen molar-refractivity contribution in [3.05, 3.63) is 52.8 Å². The van der Waals surface area contributed by atoms with Crippen LogP contribution in [-0.2, 0) is 16.6 Å². The maximum absolute atomic E-state index is 13.9. The minimum absolute atomic E-state index is 0.00612. The summed E-state index contributed by atoms with van der Waals surface area (Å²) < 4.78 is 31.6. The number of hydrogen-bond donors (Lipinski definition) is 1. The summed E-state index contributed by atoms with van der Waals surface area (Å²) in [5.74, 6) is 0.0419. The molecular weight excluding hydrogens is 313 g/mol. The number of nitrogen functional groups attached to an aromatic ring is 1. The van der Waals surface area contributed by atoms with Gasteiger partial charge >= 0.3 is 0 Å². The molecule has 0 aliphatic carbocycles. The van der Waals surface area contributed by atoms with Crippen LogP contribution < -0.4 is 10.5 Å². The number of benzene rings is 2. The van der Waals surface area contributed by atoms with Gasteiger partial charge in [-0.05, 0) is 31.2 Å². The van der Waals surface area contributed by atoms with Crippen molar-refractivity contribution in [2.45, 2.75) is 17.6 Å². The summed E-state index contributed by atoms with van der Waals surface area (Å²) in [6.45, 7) is 2.35. The maximum Gasteiger partial charge on any atom is 0.145 e. The fourth-order valence-electron chi connectivity index (χ4n) is 1.85. The van der Waals surface area contributed by atoms with Gasteiger partial charge in [0.15, 0.2) is 0 Å². The summed E-state index contributed by atoms with van der Waals surface area (Å²) in [5.41, 5.74) is 6.52. The summed E-state index contributed by atoms with van der Waals surface area (Å²) in [7, 11) is -1.48. The molecule has 0 spiro atoms. The average Bonchev–Trinajstić information content (AvgIpc) is 2.46. The van der Waals surface area contributed by atoms with Gasteiger partial charge in [0.2, 0.25) is 0 Å². The molecule has 2 aromatic rings. The summed E-state index contributed by atoms with van der Waals surface area (Å²) in [6, 6.07) is 9.59. The normalized spacial score (nSPS) is 12.1. The van der Waals surface area contributed by atoms with E-state index in [1.807, 2.05) is 6.92 Å². The van der Waals surface area contributed by atoms with E-state index in [4.69, 9.17) is 22.1 Å². The van der Waals surface area contributed by atoms with E-state index in [-0.39, 0.29) is 10.8 Å². The second-order valence-corrected chi connectivity index (χ2v) is 6.16. The Hall–Kier alpha value is -1.59. The molecule has 0 aliphatic heterocycles. The van der Waals surface area contributed by atoms with E-state index in [0.29, 0.717) is 28.5 Å². The van der Waals surface area contributed by atoms with Crippen molar-refractivity contribution < 1.29 is 13.3 Å². The largest absolute Gasteiger partial charge is 0.494 e. The number of ether oxygens (including phenoxy) is 1. The summed E-state index contributed by atoms with van der Waals surface area (Å²) >= 11 is 5.72. The molecule has 3 nitrogen and oxygen atoms in total. The molecule has 0 radical (unpaired) electrons. The van der Waals surface area contributed by atoms with Gasteiger partial charge in [0.1, 0.15) is 11.6 Å². The first kappa shape index (κ1) is 15.8. The van der Waals surface area contributed by atoms with Crippen LogP contribution in [0.4, 0.5) is 10.1 Å². The molecule has 0 bridgehead atoms. The van der Waals surface area contributed by atoms with Crippen LogP contribution in [0.5, 0.6) is 5.75 Å². The van der Waals surface area contributed by atoms with E-state index in [1.54, 1.807) is 30.3 Å². The molecule has 112 valence electrons. The number of halogens is 2. The first-order valence-electron chi connectivity index (χ1n) is 6.36. The summed E-state index contributed by atoms with van der Waals surface area (Å²) in [5, 5.41) is 0.0144. The molecule has 0 aromatic heterocycles. The Labute approximate surface area is 130 Å². The third-order valence-electron chi connectivity index (χ3n) is 2.86. The van der Waals surface area contributed by atoms with E-state index >= 15 is 0 Å². The maximum atomic E-state index is 13.9. The monoisotopic (exact) mass is 327 g/mol. The third-order valence-corrected chi connectivity index (χ3v) is 4.57. The standard InChI is InChI=1S/C15H15ClFNO2S/c1-2-20-11-6-7-13(18)14(8-11)21(19)9-10-4-3-5-12(16)15(10)17/h3-8H,2,9,18H2,1H3. The number of rotatable bonds is 5. The van der Waals surface area contributed by atoms with Gasteiger partial charge in [-0.1, -0.05) is 23.7 Å². The van der Waals surface area contributed by atoms with Crippen molar-refractivity contribution in [1.29, 1.82) is 0 Å². The van der Waals surface area contributed by atoms with Gasteiger partial charge in [-0.15, -0.1) is 0 Å². The Balaban J connectivity index is 2.28. The number of nitrogens with two attached hydrogens (primary N) is 1. The van der Waals surface area contributed by atoms with E-state index in [0.717, 1.165) is 0 Å². The van der Waals surface area contributed by atoms with Gasteiger partial charge in [0.05, 0.1) is 33.1 Å². The Bertz CT molecular complexity index is 679. The molecule has 0 aliphatic rings. The molecule has 6 heteroatoms. The molecule has 1 unspecified atom stereocenters. The van der Waals surface area contributed by atoms with Crippen molar-refractivity contribution in [2.24, 2.45) is 0 Å². The lowest BCUT2D eigenvalue weighted by molar-refractivity contribution is 0.339. The first-order chi connectivity index (χ1) is 10.0. The Morgan fingerprint density at radius 2 is 2.10 bits per heavy atom. The minimum atomic E-state index is -1.48. The molecule has 0 saturated heterocycles. The first-order valence-corrected chi connectivity index (χ1v) is 8.06. The van der Waals surface area contributed by atoms with Crippen LogP contribution in [0.15, 0.2) is 41.3 Å². The number of hydrogen-bond acceptors (Lipinski definition) is 3. The van der Waals surface area contributed by atoms with Crippen LogP contribution in [0.25, 0.3) is 0 Å². The lowest BCUT2D eigenvalue weighted by atomic mass is 10.2. The van der Waals surface area contributed by atoms with Gasteiger partial charge in [0.25, 0.3) is 0 Å². The number of anilines is 1. The average molecular weight is 328 g/mol. The highest BCUT2D eigenvalue weighted by molar-refractivity contribution is 7.84. The van der Waals surface area contributed by atoms with Crippen LogP contribution in [0.2, 0.25) is 5.02 Å². The minimum Gasteiger partial charge on any atom is -0.494 e. The zero-order valence-electron chi connectivity index (χ0n) is 11.4. The van der Waals surface area contributed by atoms with Crippen LogP contribution in [0, 0.1) is 5.82 Å². The Morgan fingerprint density at radius 3 is 2.81 bits per heavy atom. The molecule has 2 rings (SSSR count). The highest BCUT2D eigenvalue weighted by Crippen LogP contribution is 2.26. The van der Waals surface area contributed by atoms with E-state index in [9.17, 15) is 8.60 Å². The molecule has 0 saturated carbocycles. The van der Waals surface area contributed by atoms with Crippen molar-refractivity contribution >= 4 is 28.1 Å². The Morgan fingerprint density at radius 1 is 1.33 bits per heavy atom. The topological polar surface area (TPSA) is 52.3 Å². The van der Waals surface area contributed by atoms with Crippen LogP contribution in [-0.4, -0.2) is 10.8 Å². The van der Waals surface area contributed by atoms with E-state index in [2.05, 4.69) is 0 Å². The zero-order chi connectivity index (χ0) is 15.4. The molecule has 0 fully saturated rings. The van der Waals surface area contributed by atoms with Gasteiger partial charge in [0, 0.05) is 11.3 Å². The summed E-state index contributed by atoms with van der Waals surface area (Å²) in [4.78, 5) is 0.431. The highest BCUT2D eigenvalue weighted by Gasteiger charge is 2.14. The molecule has 0 heterocycles. The van der Waals surface area contributed by atoms with Crippen molar-refractivity contribution in [1.82, 2.24) is 0 Å². The predicted molar refractivity (Wildman–Crippen MR) is 83.5 cm³/mol. The van der Waals surface area contributed by atoms with Gasteiger partial charge in [-0.25, -0.2) is 4.39 Å². The van der Waals surface area contributed by atoms with Gasteiger partial charge in [-0.2, -0.15) is 0 Å². The predicted octanol–water partition coefficient (Wildman–Crippen LogP) is 3.77. The van der Waals surface area contributed by atoms with Crippen LogP contribution in [0.3, 0.4) is 0 Å². The molecule has 2 aromatic carbocycles. The van der Waals surface area contributed by atoms with Crippen LogP contribution in [0.1, 0.15) is 12.5 Å². The fourth-order valence-corrected chi connectivity index (χ4v) is 3.28. The Kier molecular flexibility index (Phi) is 5.20. The molecule has 1 atom stereocenters. The summed E-state index contributed by atoms with van der Waals surface area (Å²) in [6.07, 6.45) is 0. The van der Waals surface area contributed by atoms with E-state index < -0.39 is 16.6 Å². The third kappa shape index (κ3) is 3.74. The zero-order valence-corrected chi connectivity index (χ0v) is 13.0. The van der Waals surface area contributed by atoms with E-state index in [1.165, 1.54) is 6.07 Å². The van der Waals surface area contributed by atoms with Gasteiger partial charge in [-0.3, -0.25) is 4.21 Å². The smallest absolute Gasteiger partial charge is 0.145 e. The van der Waals surface area contributed by atoms with Crippen molar-refractivity contribution in [2.75, 3.05) is 12.3 Å². The molecular formula is C15H15ClFNO2S. The second kappa shape index (κ2) is 6.91. The lowest BCUT2D eigenvalue weighted by Gasteiger charge is -2.10. The SMILES string of the molecule is CCOc1ccc(N)c(S(=O)Cc2cccc(Cl)c2F)c1. The highest BCUT2D eigenvalue weighted by atomic mass is 35.5. The van der Waals surface area contributed by atoms with Crippen molar-refractivity contribution in [3.63, 3.8) is 0 Å². The van der Waals surface area contributed by atoms with Crippen molar-refractivity contribution in [3.8, 4) is 5.75 Å². The van der Waals surface area contributed by atoms with Crippen LogP contribution >= 0.6 is 11.6 Å². The molecule has 2 N–H and O–H groups in total. The molecule has 21 heavy (non-hydrogen) atoms. The van der Waals surface area contributed by atoms with Gasteiger partial charge < -0.3 is 10.5 Å². The molecule has 0 amide bonds. The second-order valence-electron chi connectivity index (χ2n) is 4.34.